The van der Waals surface area contributed by atoms with Crippen LogP contribution in [0.15, 0.2) is 53.9 Å². The molecule has 194 valence electrons. The monoisotopic (exact) mass is 521 g/mol. The molecule has 2 aliphatic rings. The summed E-state index contributed by atoms with van der Waals surface area (Å²) in [5.41, 5.74) is 1.72. The summed E-state index contributed by atoms with van der Waals surface area (Å²) in [5, 5.41) is 10.7. The average molecular weight is 522 g/mol. The Kier molecular flexibility index (Phi) is 7.96. The lowest BCUT2D eigenvalue weighted by Crippen LogP contribution is -2.52. The molecule has 4 heterocycles. The van der Waals surface area contributed by atoms with E-state index in [1.165, 1.54) is 11.3 Å². The van der Waals surface area contributed by atoms with E-state index in [-0.39, 0.29) is 24.5 Å². The second-order valence-corrected chi connectivity index (χ2v) is 10.1. The number of thiophene rings is 1. The molecule has 0 radical (unpaired) electrons. The van der Waals surface area contributed by atoms with E-state index >= 15 is 0 Å². The third-order valence-corrected chi connectivity index (χ3v) is 7.62. The minimum atomic E-state index is -0.108. The molecular weight excluding hydrogens is 490 g/mol. The minimum Gasteiger partial charge on any atom is -0.497 e. The van der Waals surface area contributed by atoms with Crippen molar-refractivity contribution in [2.45, 2.75) is 18.9 Å². The van der Waals surface area contributed by atoms with E-state index in [4.69, 9.17) is 9.47 Å². The van der Waals surface area contributed by atoms with Crippen molar-refractivity contribution in [3.8, 4) is 17.0 Å². The maximum absolute atomic E-state index is 13.2. The molecule has 0 N–H and O–H groups in total. The van der Waals surface area contributed by atoms with Crippen LogP contribution in [-0.2, 0) is 9.53 Å². The molecule has 1 aromatic carbocycles. The number of anilines is 1. The van der Waals surface area contributed by atoms with Gasteiger partial charge in [0.25, 0.3) is 5.91 Å². The summed E-state index contributed by atoms with van der Waals surface area (Å²) in [7, 11) is 1.64. The van der Waals surface area contributed by atoms with Gasteiger partial charge in [0.15, 0.2) is 5.82 Å². The normalized spacial score (nSPS) is 17.6. The number of methoxy groups -OCH3 is 1. The van der Waals surface area contributed by atoms with Gasteiger partial charge in [-0.1, -0.05) is 18.2 Å². The van der Waals surface area contributed by atoms with Crippen molar-refractivity contribution in [3.05, 3.63) is 58.8 Å². The summed E-state index contributed by atoms with van der Waals surface area (Å²) in [5.74, 6) is 1.41. The quantitative estimate of drug-likeness (QED) is 0.450. The second-order valence-electron chi connectivity index (χ2n) is 9.17. The Morgan fingerprint density at radius 3 is 2.65 bits per heavy atom. The molecule has 3 aromatic rings. The van der Waals surface area contributed by atoms with Gasteiger partial charge >= 0.3 is 0 Å². The highest BCUT2D eigenvalue weighted by atomic mass is 32.1. The molecule has 37 heavy (non-hydrogen) atoms. The average Bonchev–Trinajstić information content (AvgIpc) is 3.67. The molecule has 2 aliphatic heterocycles. The number of ether oxygens (including phenoxy) is 2. The van der Waals surface area contributed by atoms with Crippen molar-refractivity contribution in [2.75, 3.05) is 57.9 Å². The molecule has 5 rings (SSSR count). The topological polar surface area (TPSA) is 88.1 Å². The zero-order chi connectivity index (χ0) is 25.6. The van der Waals surface area contributed by atoms with Gasteiger partial charge in [-0.3, -0.25) is 9.59 Å². The van der Waals surface area contributed by atoms with E-state index in [1.54, 1.807) is 18.1 Å². The summed E-state index contributed by atoms with van der Waals surface area (Å²) in [6, 6.07) is 15.3. The second kappa shape index (κ2) is 11.7. The molecule has 0 unspecified atom stereocenters. The summed E-state index contributed by atoms with van der Waals surface area (Å²) in [4.78, 5) is 32.5. The lowest BCUT2D eigenvalue weighted by atomic mass is 10.1. The molecule has 0 spiro atoms. The first-order valence-electron chi connectivity index (χ1n) is 12.6. The molecule has 1 atom stereocenters. The predicted molar refractivity (Wildman–Crippen MR) is 142 cm³/mol. The van der Waals surface area contributed by atoms with Crippen LogP contribution in [0.3, 0.4) is 0 Å². The maximum atomic E-state index is 13.2. The molecule has 2 saturated heterocycles. The number of rotatable bonds is 8. The molecule has 10 heteroatoms. The number of hydrogen-bond acceptors (Lipinski definition) is 8. The van der Waals surface area contributed by atoms with Gasteiger partial charge < -0.3 is 24.2 Å². The van der Waals surface area contributed by atoms with Gasteiger partial charge in [0, 0.05) is 44.9 Å². The van der Waals surface area contributed by atoms with Crippen molar-refractivity contribution in [1.82, 2.24) is 20.0 Å². The lowest BCUT2D eigenvalue weighted by Gasteiger charge is -2.36. The van der Waals surface area contributed by atoms with Crippen molar-refractivity contribution in [1.29, 1.82) is 0 Å². The van der Waals surface area contributed by atoms with Gasteiger partial charge in [0.1, 0.15) is 12.3 Å². The number of hydrogen-bond donors (Lipinski definition) is 0. The number of aromatic nitrogens is 2. The zero-order valence-electron chi connectivity index (χ0n) is 20.9. The minimum absolute atomic E-state index is 0.00733. The van der Waals surface area contributed by atoms with Gasteiger partial charge in [0.2, 0.25) is 5.91 Å². The first-order valence-corrected chi connectivity index (χ1v) is 13.4. The van der Waals surface area contributed by atoms with Crippen molar-refractivity contribution in [2.24, 2.45) is 0 Å². The number of piperazine rings is 1. The highest BCUT2D eigenvalue weighted by Gasteiger charge is 2.29. The van der Waals surface area contributed by atoms with Gasteiger partial charge in [-0.2, -0.15) is 0 Å². The van der Waals surface area contributed by atoms with Crippen LogP contribution >= 0.6 is 11.3 Å². The molecule has 0 saturated carbocycles. The van der Waals surface area contributed by atoms with Crippen LogP contribution in [0.4, 0.5) is 5.82 Å². The Morgan fingerprint density at radius 2 is 1.97 bits per heavy atom. The molecule has 0 aliphatic carbocycles. The highest BCUT2D eigenvalue weighted by Crippen LogP contribution is 2.23. The molecule has 9 nitrogen and oxygen atoms in total. The fourth-order valence-corrected chi connectivity index (χ4v) is 5.38. The molecule has 2 aromatic heterocycles. The fourth-order valence-electron chi connectivity index (χ4n) is 4.69. The smallest absolute Gasteiger partial charge is 0.264 e. The van der Waals surface area contributed by atoms with Crippen molar-refractivity contribution >= 4 is 29.0 Å². The van der Waals surface area contributed by atoms with E-state index < -0.39 is 0 Å². The predicted octanol–water partition coefficient (Wildman–Crippen LogP) is 3.18. The Hall–Kier alpha value is -3.50. The van der Waals surface area contributed by atoms with E-state index in [0.717, 1.165) is 35.7 Å². The summed E-state index contributed by atoms with van der Waals surface area (Å²) < 4.78 is 11.0. The van der Waals surface area contributed by atoms with Crippen LogP contribution in [-0.4, -0.2) is 90.9 Å². The standard InChI is InChI=1S/C27H31N5O4S/c1-35-21-6-2-5-20(17-21)23-9-10-25(29-28-23)30-11-13-31(14-12-30)26(33)19-32(18-22-7-3-15-36-22)27(34)24-8-4-16-37-24/h2,4-6,8-10,16-17,22H,3,7,11-15,18-19H2,1H3/t22-/m1/s1. The van der Waals surface area contributed by atoms with Gasteiger partial charge in [-0.25, -0.2) is 0 Å². The third-order valence-electron chi connectivity index (χ3n) is 6.77. The maximum Gasteiger partial charge on any atom is 0.264 e. The highest BCUT2D eigenvalue weighted by molar-refractivity contribution is 7.12. The van der Waals surface area contributed by atoms with E-state index in [1.807, 2.05) is 52.7 Å². The molecular formula is C27H31N5O4S. The van der Waals surface area contributed by atoms with Crippen LogP contribution < -0.4 is 9.64 Å². The van der Waals surface area contributed by atoms with Crippen molar-refractivity contribution in [3.63, 3.8) is 0 Å². The third kappa shape index (κ3) is 6.08. The summed E-state index contributed by atoms with van der Waals surface area (Å²) >= 11 is 1.40. The van der Waals surface area contributed by atoms with Gasteiger partial charge in [-0.05, 0) is 48.6 Å². The lowest BCUT2D eigenvalue weighted by molar-refractivity contribution is -0.132. The van der Waals surface area contributed by atoms with Crippen LogP contribution in [0.2, 0.25) is 0 Å². The van der Waals surface area contributed by atoms with Gasteiger partial charge in [-0.15, -0.1) is 21.5 Å². The zero-order valence-corrected chi connectivity index (χ0v) is 21.7. The Morgan fingerprint density at radius 1 is 1.11 bits per heavy atom. The summed E-state index contributed by atoms with van der Waals surface area (Å²) in [6.45, 7) is 3.67. The van der Waals surface area contributed by atoms with Crippen molar-refractivity contribution < 1.29 is 19.1 Å². The Labute approximate surface area is 220 Å². The van der Waals surface area contributed by atoms with E-state index in [9.17, 15) is 9.59 Å². The molecule has 2 amide bonds. The first-order chi connectivity index (χ1) is 18.1. The fraction of sp³-hybridized carbons (Fsp3) is 0.407. The van der Waals surface area contributed by atoms with Crippen LogP contribution in [0, 0.1) is 0 Å². The first kappa shape index (κ1) is 25.2. The largest absolute Gasteiger partial charge is 0.497 e. The Bertz CT molecular complexity index is 1190. The van der Waals surface area contributed by atoms with Crippen LogP contribution in [0.5, 0.6) is 5.75 Å². The van der Waals surface area contributed by atoms with E-state index in [0.29, 0.717) is 44.2 Å². The Balaban J connectivity index is 1.18. The molecule has 2 fully saturated rings. The van der Waals surface area contributed by atoms with Crippen LogP contribution in [0.25, 0.3) is 11.3 Å². The number of carbonyl (C=O) groups is 2. The number of carbonyl (C=O) groups excluding carboxylic acids is 2. The number of amides is 2. The molecule has 0 bridgehead atoms. The van der Waals surface area contributed by atoms with E-state index in [2.05, 4.69) is 15.1 Å². The SMILES string of the molecule is COc1cccc(-c2ccc(N3CCN(C(=O)CN(C[C@H]4CCCO4)C(=O)c4cccs4)CC3)nn2)c1. The van der Waals surface area contributed by atoms with Crippen LogP contribution in [0.1, 0.15) is 22.5 Å². The van der Waals surface area contributed by atoms with Gasteiger partial charge in [0.05, 0.1) is 23.8 Å². The number of benzene rings is 1. The summed E-state index contributed by atoms with van der Waals surface area (Å²) in [6.07, 6.45) is 1.90. The number of nitrogens with zero attached hydrogens (tertiary/aromatic N) is 5.